The second-order valence-corrected chi connectivity index (χ2v) is 5.70. The van der Waals surface area contributed by atoms with Crippen LogP contribution in [0.5, 0.6) is 5.75 Å². The summed E-state index contributed by atoms with van der Waals surface area (Å²) in [4.78, 5) is 18.1. The number of amides is 1. The maximum absolute atomic E-state index is 12.4. The van der Waals surface area contributed by atoms with Gasteiger partial charge in [0.25, 0.3) is 5.91 Å². The molecule has 0 atom stereocenters. The van der Waals surface area contributed by atoms with Crippen molar-refractivity contribution in [1.29, 1.82) is 0 Å². The van der Waals surface area contributed by atoms with E-state index in [9.17, 15) is 18.0 Å². The van der Waals surface area contributed by atoms with Crippen molar-refractivity contribution in [2.75, 3.05) is 7.05 Å². The predicted octanol–water partition coefficient (Wildman–Crippen LogP) is 3.00. The molecule has 1 aromatic carbocycles. The van der Waals surface area contributed by atoms with Crippen molar-refractivity contribution in [3.8, 4) is 5.75 Å². The highest BCUT2D eigenvalue weighted by molar-refractivity contribution is 5.92. The fourth-order valence-corrected chi connectivity index (χ4v) is 2.74. The second kappa shape index (κ2) is 6.18. The molecular formula is C16H16F3N3O2. The van der Waals surface area contributed by atoms with Gasteiger partial charge in [-0.15, -0.1) is 13.2 Å². The van der Waals surface area contributed by atoms with E-state index < -0.39 is 6.36 Å². The molecule has 0 unspecified atom stereocenters. The zero-order chi connectivity index (χ0) is 17.3. The van der Waals surface area contributed by atoms with Gasteiger partial charge in [0.2, 0.25) is 0 Å². The zero-order valence-corrected chi connectivity index (χ0v) is 13.0. The van der Waals surface area contributed by atoms with Gasteiger partial charge in [-0.05, 0) is 24.1 Å². The van der Waals surface area contributed by atoms with E-state index in [2.05, 4.69) is 9.72 Å². The van der Waals surface area contributed by atoms with Crippen LogP contribution in [0.25, 0.3) is 0 Å². The van der Waals surface area contributed by atoms with Crippen LogP contribution in [0.1, 0.15) is 28.3 Å². The fraction of sp³-hybridized carbons (Fsp3) is 0.375. The third kappa shape index (κ3) is 3.69. The number of hydrogen-bond acceptors (Lipinski definition) is 3. The molecule has 2 aromatic rings. The van der Waals surface area contributed by atoms with E-state index in [1.165, 1.54) is 23.1 Å². The van der Waals surface area contributed by atoms with E-state index in [0.717, 1.165) is 25.2 Å². The summed E-state index contributed by atoms with van der Waals surface area (Å²) in [5, 5.41) is 0. The van der Waals surface area contributed by atoms with Crippen LogP contribution in [0.3, 0.4) is 0 Å². The minimum Gasteiger partial charge on any atom is -0.406 e. The van der Waals surface area contributed by atoms with Gasteiger partial charge in [-0.3, -0.25) is 4.79 Å². The number of ether oxygens (including phenoxy) is 1. The molecule has 0 saturated carbocycles. The Kier molecular flexibility index (Phi) is 4.21. The van der Waals surface area contributed by atoms with Crippen molar-refractivity contribution in [3.05, 3.63) is 47.5 Å². The van der Waals surface area contributed by atoms with E-state index in [-0.39, 0.29) is 18.2 Å². The average molecular weight is 339 g/mol. The summed E-state index contributed by atoms with van der Waals surface area (Å²) in [6.07, 6.45) is -1.13. The number of hydrogen-bond donors (Lipinski definition) is 0. The van der Waals surface area contributed by atoms with Crippen LogP contribution in [-0.4, -0.2) is 33.8 Å². The molecule has 1 aliphatic heterocycles. The minimum absolute atomic E-state index is 0.163. The topological polar surface area (TPSA) is 47.4 Å². The van der Waals surface area contributed by atoms with E-state index in [4.69, 9.17) is 0 Å². The van der Waals surface area contributed by atoms with Gasteiger partial charge in [-0.2, -0.15) is 0 Å². The summed E-state index contributed by atoms with van der Waals surface area (Å²) in [5.74, 6) is 0.327. The largest absolute Gasteiger partial charge is 0.573 e. The molecule has 128 valence electrons. The Balaban J connectivity index is 1.68. The summed E-state index contributed by atoms with van der Waals surface area (Å²) in [5.41, 5.74) is 0.897. The first kappa shape index (κ1) is 16.4. The van der Waals surface area contributed by atoms with Crippen LogP contribution in [0, 0.1) is 0 Å². The molecule has 3 rings (SSSR count). The monoisotopic (exact) mass is 339 g/mol. The molecule has 2 heterocycles. The minimum atomic E-state index is -4.74. The zero-order valence-electron chi connectivity index (χ0n) is 13.0. The van der Waals surface area contributed by atoms with Gasteiger partial charge in [-0.25, -0.2) is 4.98 Å². The normalized spacial score (nSPS) is 13.7. The number of aryl methyl sites for hydroxylation is 2. The Morgan fingerprint density at radius 1 is 1.42 bits per heavy atom. The number of nitrogens with zero attached hydrogens (tertiary/aromatic N) is 3. The van der Waals surface area contributed by atoms with Crippen LogP contribution < -0.4 is 4.74 Å². The van der Waals surface area contributed by atoms with Gasteiger partial charge in [0.1, 0.15) is 17.3 Å². The summed E-state index contributed by atoms with van der Waals surface area (Å²) >= 11 is 0. The average Bonchev–Trinajstić information content (AvgIpc) is 3.06. The van der Waals surface area contributed by atoms with Crippen molar-refractivity contribution in [3.63, 3.8) is 0 Å². The lowest BCUT2D eigenvalue weighted by Gasteiger charge is -2.17. The number of halogens is 3. The Morgan fingerprint density at radius 3 is 2.92 bits per heavy atom. The molecule has 8 heteroatoms. The Bertz CT molecular complexity index is 734. The Hall–Kier alpha value is -2.51. The molecule has 0 saturated heterocycles. The molecule has 0 N–H and O–H groups in total. The highest BCUT2D eigenvalue weighted by atomic mass is 19.4. The summed E-state index contributed by atoms with van der Waals surface area (Å²) in [7, 11) is 1.59. The number of imidazole rings is 1. The first-order valence-electron chi connectivity index (χ1n) is 7.48. The fourth-order valence-electron chi connectivity index (χ4n) is 2.74. The smallest absolute Gasteiger partial charge is 0.406 e. The van der Waals surface area contributed by atoms with E-state index in [0.29, 0.717) is 11.3 Å². The lowest BCUT2D eigenvalue weighted by Crippen LogP contribution is -2.26. The van der Waals surface area contributed by atoms with Crippen molar-refractivity contribution in [1.82, 2.24) is 14.5 Å². The summed E-state index contributed by atoms with van der Waals surface area (Å²) in [6, 6.07) is 5.59. The number of fused-ring (bicyclic) bond motifs is 1. The number of benzene rings is 1. The van der Waals surface area contributed by atoms with Gasteiger partial charge in [-0.1, -0.05) is 12.1 Å². The third-order valence-electron chi connectivity index (χ3n) is 3.78. The highest BCUT2D eigenvalue weighted by Gasteiger charge is 2.31. The molecule has 0 spiro atoms. The van der Waals surface area contributed by atoms with E-state index in [1.807, 2.05) is 4.57 Å². The van der Waals surface area contributed by atoms with E-state index >= 15 is 0 Å². The number of alkyl halides is 3. The van der Waals surface area contributed by atoms with Gasteiger partial charge < -0.3 is 14.2 Å². The van der Waals surface area contributed by atoms with Gasteiger partial charge in [0.15, 0.2) is 0 Å². The van der Waals surface area contributed by atoms with Crippen LogP contribution >= 0.6 is 0 Å². The lowest BCUT2D eigenvalue weighted by atomic mass is 10.2. The number of carbonyl (C=O) groups excluding carboxylic acids is 1. The Labute approximate surface area is 136 Å². The number of carbonyl (C=O) groups is 1. The molecule has 0 bridgehead atoms. The second-order valence-electron chi connectivity index (χ2n) is 5.70. The molecule has 5 nitrogen and oxygen atoms in total. The van der Waals surface area contributed by atoms with Crippen molar-refractivity contribution >= 4 is 5.91 Å². The predicted molar refractivity (Wildman–Crippen MR) is 79.5 cm³/mol. The van der Waals surface area contributed by atoms with Crippen LogP contribution in [0.2, 0.25) is 0 Å². The molecule has 1 aliphatic rings. The number of aromatic nitrogens is 2. The van der Waals surface area contributed by atoms with Crippen LogP contribution in [-0.2, 0) is 19.5 Å². The van der Waals surface area contributed by atoms with E-state index in [1.54, 1.807) is 19.3 Å². The van der Waals surface area contributed by atoms with Gasteiger partial charge >= 0.3 is 6.36 Å². The third-order valence-corrected chi connectivity index (χ3v) is 3.78. The van der Waals surface area contributed by atoms with Gasteiger partial charge in [0.05, 0.1) is 0 Å². The SMILES string of the molecule is CN(Cc1cccc(OC(F)(F)F)c1)C(=O)c1cn2c(n1)CCC2. The molecule has 0 fully saturated rings. The molecule has 0 aliphatic carbocycles. The Morgan fingerprint density at radius 2 is 2.21 bits per heavy atom. The lowest BCUT2D eigenvalue weighted by molar-refractivity contribution is -0.274. The molecular weight excluding hydrogens is 323 g/mol. The summed E-state index contributed by atoms with van der Waals surface area (Å²) in [6.45, 7) is 1.02. The van der Waals surface area contributed by atoms with Crippen molar-refractivity contribution in [2.45, 2.75) is 32.3 Å². The quantitative estimate of drug-likeness (QED) is 0.860. The maximum Gasteiger partial charge on any atom is 0.573 e. The van der Waals surface area contributed by atoms with Crippen molar-refractivity contribution < 1.29 is 22.7 Å². The molecule has 0 radical (unpaired) electrons. The molecule has 1 amide bonds. The molecule has 24 heavy (non-hydrogen) atoms. The number of rotatable bonds is 4. The van der Waals surface area contributed by atoms with Crippen LogP contribution in [0.4, 0.5) is 13.2 Å². The van der Waals surface area contributed by atoms with Crippen LogP contribution in [0.15, 0.2) is 30.5 Å². The first-order valence-corrected chi connectivity index (χ1v) is 7.48. The van der Waals surface area contributed by atoms with Crippen molar-refractivity contribution in [2.24, 2.45) is 0 Å². The summed E-state index contributed by atoms with van der Waals surface area (Å²) < 4.78 is 42.6. The standard InChI is InChI=1S/C16H16F3N3O2/c1-21(15(23)13-10-22-7-3-6-14(22)20-13)9-11-4-2-5-12(8-11)24-16(17,18)19/h2,4-5,8,10H,3,6-7,9H2,1H3. The van der Waals surface area contributed by atoms with Gasteiger partial charge in [0, 0.05) is 32.8 Å². The highest BCUT2D eigenvalue weighted by Crippen LogP contribution is 2.24. The molecule has 1 aromatic heterocycles. The first-order chi connectivity index (χ1) is 11.3. The maximum atomic E-state index is 12.4.